The second-order valence-corrected chi connectivity index (χ2v) is 8.64. The summed E-state index contributed by atoms with van der Waals surface area (Å²) >= 11 is 0. The average molecular weight is 348 g/mol. The van der Waals surface area contributed by atoms with Crippen LogP contribution >= 0.6 is 0 Å². The third-order valence-corrected chi connectivity index (χ3v) is 6.46. The summed E-state index contributed by atoms with van der Waals surface area (Å²) in [5.41, 5.74) is 0.956. The molecule has 1 saturated heterocycles. The fourth-order valence-corrected chi connectivity index (χ4v) is 4.81. The van der Waals surface area contributed by atoms with Crippen molar-refractivity contribution in [1.82, 2.24) is 19.1 Å². The van der Waals surface area contributed by atoms with E-state index in [1.807, 2.05) is 13.0 Å². The number of benzene rings is 1. The normalized spacial score (nSPS) is 17.5. The van der Waals surface area contributed by atoms with Crippen LogP contribution in [-0.2, 0) is 10.0 Å². The molecule has 0 amide bonds. The molecule has 6 nitrogen and oxygen atoms in total. The van der Waals surface area contributed by atoms with Crippen LogP contribution in [0.1, 0.15) is 50.0 Å². The first-order chi connectivity index (χ1) is 11.4. The zero-order chi connectivity index (χ0) is 17.3. The van der Waals surface area contributed by atoms with Crippen molar-refractivity contribution in [3.63, 3.8) is 0 Å². The monoisotopic (exact) mass is 348 g/mol. The fraction of sp³-hybridized carbons (Fsp3) is 0.529. The minimum absolute atomic E-state index is 0.265. The first-order valence-corrected chi connectivity index (χ1v) is 9.80. The minimum Gasteiger partial charge on any atom is -0.314 e. The van der Waals surface area contributed by atoms with E-state index in [0.29, 0.717) is 23.9 Å². The van der Waals surface area contributed by atoms with E-state index in [2.05, 4.69) is 28.6 Å². The number of hydrogen-bond donors (Lipinski definition) is 0. The van der Waals surface area contributed by atoms with Crippen LogP contribution in [0.5, 0.6) is 0 Å². The van der Waals surface area contributed by atoms with Gasteiger partial charge in [0.25, 0.3) is 0 Å². The molecule has 1 aliphatic heterocycles. The van der Waals surface area contributed by atoms with E-state index in [1.165, 1.54) is 0 Å². The van der Waals surface area contributed by atoms with Crippen LogP contribution in [0.4, 0.5) is 0 Å². The van der Waals surface area contributed by atoms with Crippen LogP contribution in [-0.4, -0.2) is 40.6 Å². The fourth-order valence-electron chi connectivity index (χ4n) is 3.23. The summed E-state index contributed by atoms with van der Waals surface area (Å²) in [6.45, 7) is 7.15. The molecule has 0 atom stereocenters. The number of aryl methyl sites for hydroxylation is 1. The molecule has 0 radical (unpaired) electrons. The van der Waals surface area contributed by atoms with Gasteiger partial charge in [-0.3, -0.25) is 0 Å². The van der Waals surface area contributed by atoms with Gasteiger partial charge in [0.2, 0.25) is 10.0 Å². The quantitative estimate of drug-likeness (QED) is 0.852. The highest BCUT2D eigenvalue weighted by atomic mass is 32.2. The molecule has 1 aromatic heterocycles. The lowest BCUT2D eigenvalue weighted by atomic mass is 10.1. The smallest absolute Gasteiger partial charge is 0.243 e. The Morgan fingerprint density at radius 3 is 2.54 bits per heavy atom. The van der Waals surface area contributed by atoms with Crippen molar-refractivity contribution in [3.8, 4) is 0 Å². The van der Waals surface area contributed by atoms with E-state index in [1.54, 1.807) is 28.8 Å². The molecule has 0 spiro atoms. The maximum Gasteiger partial charge on any atom is 0.243 e. The maximum atomic E-state index is 12.8. The van der Waals surface area contributed by atoms with Crippen LogP contribution in [0, 0.1) is 6.92 Å². The summed E-state index contributed by atoms with van der Waals surface area (Å²) in [7, 11) is -3.41. The number of sulfonamides is 1. The van der Waals surface area contributed by atoms with Gasteiger partial charge >= 0.3 is 0 Å². The Morgan fingerprint density at radius 2 is 1.92 bits per heavy atom. The summed E-state index contributed by atoms with van der Waals surface area (Å²) in [5.74, 6) is 1.27. The van der Waals surface area contributed by atoms with Gasteiger partial charge in [-0.2, -0.15) is 4.31 Å². The van der Waals surface area contributed by atoms with E-state index in [4.69, 9.17) is 0 Å². The molecule has 0 unspecified atom stereocenters. The molecule has 2 aromatic rings. The number of nitrogens with zero attached hydrogens (tertiary/aromatic N) is 4. The van der Waals surface area contributed by atoms with Crippen molar-refractivity contribution in [2.24, 2.45) is 0 Å². The first-order valence-electron chi connectivity index (χ1n) is 8.36. The summed E-state index contributed by atoms with van der Waals surface area (Å²) in [6, 6.07) is 7.37. The highest BCUT2D eigenvalue weighted by molar-refractivity contribution is 7.89. The van der Waals surface area contributed by atoms with Crippen molar-refractivity contribution in [2.75, 3.05) is 13.1 Å². The summed E-state index contributed by atoms with van der Waals surface area (Å²) < 4.78 is 29.3. The second kappa shape index (κ2) is 6.64. The van der Waals surface area contributed by atoms with Crippen molar-refractivity contribution in [1.29, 1.82) is 0 Å². The number of piperidine rings is 1. The maximum absolute atomic E-state index is 12.8. The van der Waals surface area contributed by atoms with Gasteiger partial charge in [0, 0.05) is 25.0 Å². The van der Waals surface area contributed by atoms with Crippen LogP contribution in [0.25, 0.3) is 0 Å². The Hall–Kier alpha value is -1.73. The summed E-state index contributed by atoms with van der Waals surface area (Å²) in [5, 5.41) is 8.22. The van der Waals surface area contributed by atoms with Crippen LogP contribution < -0.4 is 0 Å². The zero-order valence-corrected chi connectivity index (χ0v) is 15.2. The van der Waals surface area contributed by atoms with Gasteiger partial charge in [0.1, 0.15) is 12.2 Å². The lowest BCUT2D eigenvalue weighted by molar-refractivity contribution is 0.269. The lowest BCUT2D eigenvalue weighted by Crippen LogP contribution is -2.39. The first kappa shape index (κ1) is 17.1. The molecule has 2 heterocycles. The highest BCUT2D eigenvalue weighted by Gasteiger charge is 2.31. The molecular weight excluding hydrogens is 324 g/mol. The molecule has 24 heavy (non-hydrogen) atoms. The predicted octanol–water partition coefficient (Wildman–Crippen LogP) is 2.74. The van der Waals surface area contributed by atoms with E-state index in [-0.39, 0.29) is 6.04 Å². The van der Waals surface area contributed by atoms with E-state index in [9.17, 15) is 8.42 Å². The van der Waals surface area contributed by atoms with Gasteiger partial charge in [-0.15, -0.1) is 10.2 Å². The van der Waals surface area contributed by atoms with E-state index < -0.39 is 10.0 Å². The van der Waals surface area contributed by atoms with Gasteiger partial charge in [0.15, 0.2) is 0 Å². The molecule has 0 saturated carbocycles. The van der Waals surface area contributed by atoms with Gasteiger partial charge < -0.3 is 4.57 Å². The summed E-state index contributed by atoms with van der Waals surface area (Å²) in [4.78, 5) is 0.383. The SMILES string of the molecule is Cc1cccc(S(=O)(=O)N2CCC(n3cnnc3C(C)C)CC2)c1. The Morgan fingerprint density at radius 1 is 1.21 bits per heavy atom. The van der Waals surface area contributed by atoms with Crippen molar-refractivity contribution >= 4 is 10.0 Å². The Bertz CT molecular complexity index is 806. The van der Waals surface area contributed by atoms with Crippen LogP contribution in [0.3, 0.4) is 0 Å². The third kappa shape index (κ3) is 3.23. The molecule has 1 aromatic carbocycles. The lowest BCUT2D eigenvalue weighted by Gasteiger charge is -2.32. The van der Waals surface area contributed by atoms with Crippen LogP contribution in [0.2, 0.25) is 0 Å². The largest absolute Gasteiger partial charge is 0.314 e. The van der Waals surface area contributed by atoms with E-state index >= 15 is 0 Å². The Labute approximate surface area is 143 Å². The van der Waals surface area contributed by atoms with Crippen molar-refractivity contribution < 1.29 is 8.42 Å². The minimum atomic E-state index is -3.41. The standard InChI is InChI=1S/C17H24N4O2S/c1-13(2)17-19-18-12-21(17)15-7-9-20(10-8-15)24(22,23)16-6-4-5-14(3)11-16/h4-6,11-13,15H,7-10H2,1-3H3. The second-order valence-electron chi connectivity index (χ2n) is 6.70. The van der Waals surface area contributed by atoms with E-state index in [0.717, 1.165) is 24.2 Å². The van der Waals surface area contributed by atoms with Crippen molar-refractivity contribution in [2.45, 2.75) is 50.5 Å². The number of rotatable bonds is 4. The third-order valence-electron chi connectivity index (χ3n) is 4.56. The molecule has 1 fully saturated rings. The summed E-state index contributed by atoms with van der Waals surface area (Å²) in [6.07, 6.45) is 3.33. The zero-order valence-electron chi connectivity index (χ0n) is 14.4. The average Bonchev–Trinajstić information content (AvgIpc) is 3.05. The number of hydrogen-bond acceptors (Lipinski definition) is 4. The molecule has 1 aliphatic rings. The Kier molecular flexibility index (Phi) is 4.73. The van der Waals surface area contributed by atoms with Crippen LogP contribution in [0.15, 0.2) is 35.5 Å². The molecule has 130 valence electrons. The van der Waals surface area contributed by atoms with Crippen molar-refractivity contribution in [3.05, 3.63) is 42.0 Å². The molecule has 3 rings (SSSR count). The van der Waals surface area contributed by atoms with Gasteiger partial charge in [-0.05, 0) is 37.5 Å². The van der Waals surface area contributed by atoms with Gasteiger partial charge in [-0.1, -0.05) is 26.0 Å². The number of aromatic nitrogens is 3. The Balaban J connectivity index is 1.74. The predicted molar refractivity (Wildman–Crippen MR) is 92.3 cm³/mol. The molecule has 0 N–H and O–H groups in total. The molecule has 7 heteroatoms. The molecular formula is C17H24N4O2S. The topological polar surface area (TPSA) is 68.1 Å². The van der Waals surface area contributed by atoms with Gasteiger partial charge in [-0.25, -0.2) is 8.42 Å². The molecule has 0 bridgehead atoms. The molecule has 0 aliphatic carbocycles. The van der Waals surface area contributed by atoms with Gasteiger partial charge in [0.05, 0.1) is 4.90 Å². The highest BCUT2D eigenvalue weighted by Crippen LogP contribution is 2.29.